The van der Waals surface area contributed by atoms with E-state index in [1.807, 2.05) is 13.0 Å². The molecule has 1 spiro atoms. The van der Waals surface area contributed by atoms with Crippen LogP contribution < -0.4 is 5.32 Å². The second-order valence-electron chi connectivity index (χ2n) is 10.9. The Labute approximate surface area is 219 Å². The lowest BCUT2D eigenvalue weighted by atomic mass is 9.85. The van der Waals surface area contributed by atoms with E-state index in [9.17, 15) is 9.59 Å². The van der Waals surface area contributed by atoms with Crippen LogP contribution in [0.1, 0.15) is 75.9 Å². The molecule has 37 heavy (non-hydrogen) atoms. The highest BCUT2D eigenvalue weighted by Gasteiger charge is 2.53. The molecule has 0 bridgehead atoms. The second kappa shape index (κ2) is 11.5. The predicted octanol–water partition coefficient (Wildman–Crippen LogP) is 4.40. The Hall–Kier alpha value is -2.52. The molecule has 1 aromatic carbocycles. The highest BCUT2D eigenvalue weighted by atomic mass is 16.7. The number of carbonyl (C=O) groups is 2. The number of amides is 1. The Morgan fingerprint density at radius 2 is 1.89 bits per heavy atom. The first-order valence-corrected chi connectivity index (χ1v) is 13.0. The number of benzene rings is 1. The summed E-state index contributed by atoms with van der Waals surface area (Å²) in [5.41, 5.74) is 2.06. The summed E-state index contributed by atoms with van der Waals surface area (Å²) in [6.45, 7) is 10.9. The van der Waals surface area contributed by atoms with Gasteiger partial charge in [-0.15, -0.1) is 0 Å². The maximum Gasteiger partial charge on any atom is 0.303 e. The van der Waals surface area contributed by atoms with E-state index in [0.29, 0.717) is 30.8 Å². The molecule has 0 aromatic heterocycles. The topological polar surface area (TPSA) is 95.6 Å². The molecule has 0 aliphatic carbocycles. The van der Waals surface area contributed by atoms with E-state index in [1.165, 1.54) is 6.92 Å². The van der Waals surface area contributed by atoms with Gasteiger partial charge in [-0.1, -0.05) is 42.0 Å². The molecule has 3 atom stereocenters. The molecule has 0 saturated carbocycles. The molecule has 3 fully saturated rings. The molecule has 3 heterocycles. The minimum atomic E-state index is -0.522. The van der Waals surface area contributed by atoms with Crippen LogP contribution in [0.25, 0.3) is 0 Å². The van der Waals surface area contributed by atoms with Crippen LogP contribution in [0, 0.1) is 0 Å². The summed E-state index contributed by atoms with van der Waals surface area (Å²) in [5, 5.41) is 2.96. The van der Waals surface area contributed by atoms with E-state index in [1.54, 1.807) is 25.1 Å². The Kier molecular flexibility index (Phi) is 8.53. The van der Waals surface area contributed by atoms with Gasteiger partial charge in [-0.05, 0) is 33.8 Å². The van der Waals surface area contributed by atoms with Gasteiger partial charge in [0, 0.05) is 37.3 Å². The molecule has 0 unspecified atom stereocenters. The third kappa shape index (κ3) is 7.74. The van der Waals surface area contributed by atoms with Crippen LogP contribution in [0.5, 0.6) is 0 Å². The van der Waals surface area contributed by atoms with Gasteiger partial charge in [0.2, 0.25) is 0 Å². The van der Waals surface area contributed by atoms with E-state index < -0.39 is 12.1 Å². The zero-order valence-electron chi connectivity index (χ0n) is 22.5. The molecule has 8 heteroatoms. The standard InChI is InChI=1S/C29H39NO7/c1-19(10-12-23-14-29(18-35-29)17-28(4,5)37-23)11-13-26-33-15-22(16-34-26)30-27(32)25-9-7-6-8-24(25)20(2)36-21(3)31/h6-12,20,22-23,26H,13-18H2,1-5H3,(H,30,32)/t20-,22?,23+,26?,29+/m0/s1. The van der Waals surface area contributed by atoms with Crippen LogP contribution in [0.3, 0.4) is 0 Å². The fraction of sp³-hybridized carbons (Fsp3) is 0.586. The zero-order valence-corrected chi connectivity index (χ0v) is 22.5. The van der Waals surface area contributed by atoms with E-state index in [4.69, 9.17) is 23.7 Å². The highest BCUT2D eigenvalue weighted by Crippen LogP contribution is 2.46. The van der Waals surface area contributed by atoms with Crippen LogP contribution in [-0.2, 0) is 28.5 Å². The van der Waals surface area contributed by atoms with E-state index in [2.05, 4.69) is 37.4 Å². The third-order valence-corrected chi connectivity index (χ3v) is 6.84. The van der Waals surface area contributed by atoms with Crippen molar-refractivity contribution in [2.24, 2.45) is 0 Å². The first-order valence-electron chi connectivity index (χ1n) is 13.0. The number of allylic oxidation sites excluding steroid dienone is 2. The van der Waals surface area contributed by atoms with Crippen molar-refractivity contribution in [1.82, 2.24) is 5.32 Å². The molecule has 3 saturated heterocycles. The SMILES string of the molecule is CC(=O)O[C@@H](C)c1ccccc1C(=O)NC1COC(CC=C(C)C=C[C@@H]2C[C@]3(CO3)CC(C)(C)O2)OC1. The van der Waals surface area contributed by atoms with Crippen molar-refractivity contribution in [1.29, 1.82) is 0 Å². The summed E-state index contributed by atoms with van der Waals surface area (Å²) in [4.78, 5) is 24.2. The average Bonchev–Trinajstić information content (AvgIpc) is 3.58. The Bertz CT molecular complexity index is 1030. The lowest BCUT2D eigenvalue weighted by molar-refractivity contribution is -0.185. The number of hydrogen-bond acceptors (Lipinski definition) is 7. The van der Waals surface area contributed by atoms with Crippen LogP contribution in [0.15, 0.2) is 48.1 Å². The average molecular weight is 514 g/mol. The first kappa shape index (κ1) is 27.5. The van der Waals surface area contributed by atoms with Crippen molar-refractivity contribution in [3.05, 3.63) is 59.2 Å². The summed E-state index contributed by atoms with van der Waals surface area (Å²) in [7, 11) is 0. The molecule has 202 valence electrons. The van der Waals surface area contributed by atoms with Crippen molar-refractivity contribution in [3.8, 4) is 0 Å². The Morgan fingerprint density at radius 1 is 1.19 bits per heavy atom. The van der Waals surface area contributed by atoms with Crippen molar-refractivity contribution < 1.29 is 33.3 Å². The molecule has 3 aliphatic rings. The monoisotopic (exact) mass is 513 g/mol. The summed E-state index contributed by atoms with van der Waals surface area (Å²) >= 11 is 0. The quantitative estimate of drug-likeness (QED) is 0.313. The number of rotatable bonds is 8. The summed E-state index contributed by atoms with van der Waals surface area (Å²) in [6.07, 6.45) is 7.90. The molecule has 8 nitrogen and oxygen atoms in total. The van der Waals surface area contributed by atoms with Gasteiger partial charge < -0.3 is 29.0 Å². The Morgan fingerprint density at radius 3 is 2.57 bits per heavy atom. The first-order chi connectivity index (χ1) is 17.5. The molecular formula is C29H39NO7. The van der Waals surface area contributed by atoms with Crippen LogP contribution in [0.4, 0.5) is 0 Å². The van der Waals surface area contributed by atoms with Crippen molar-refractivity contribution >= 4 is 11.9 Å². The molecule has 4 rings (SSSR count). The van der Waals surface area contributed by atoms with Gasteiger partial charge in [0.15, 0.2) is 6.29 Å². The number of ether oxygens (including phenoxy) is 5. The Balaban J connectivity index is 1.23. The largest absolute Gasteiger partial charge is 0.458 e. The zero-order chi connectivity index (χ0) is 26.6. The van der Waals surface area contributed by atoms with Gasteiger partial charge >= 0.3 is 5.97 Å². The van der Waals surface area contributed by atoms with Crippen molar-refractivity contribution in [2.75, 3.05) is 19.8 Å². The molecule has 1 aromatic rings. The molecular weight excluding hydrogens is 474 g/mol. The summed E-state index contributed by atoms with van der Waals surface area (Å²) in [6, 6.07) is 6.83. The summed E-state index contributed by atoms with van der Waals surface area (Å²) < 4.78 is 28.9. The van der Waals surface area contributed by atoms with Crippen LogP contribution in [-0.4, -0.2) is 61.3 Å². The minimum Gasteiger partial charge on any atom is -0.458 e. The predicted molar refractivity (Wildman–Crippen MR) is 138 cm³/mol. The van der Waals surface area contributed by atoms with Gasteiger partial charge in [0.25, 0.3) is 5.91 Å². The van der Waals surface area contributed by atoms with Gasteiger partial charge in [-0.3, -0.25) is 9.59 Å². The molecule has 1 N–H and O–H groups in total. The lowest BCUT2D eigenvalue weighted by Gasteiger charge is -2.38. The highest BCUT2D eigenvalue weighted by molar-refractivity contribution is 5.96. The number of epoxide rings is 1. The maximum atomic E-state index is 12.9. The fourth-order valence-corrected chi connectivity index (χ4v) is 5.14. The number of nitrogens with one attached hydrogen (secondary N) is 1. The van der Waals surface area contributed by atoms with Crippen molar-refractivity contribution in [2.45, 2.75) is 89.6 Å². The van der Waals surface area contributed by atoms with E-state index in [0.717, 1.165) is 25.0 Å². The fourth-order valence-electron chi connectivity index (χ4n) is 5.14. The number of esters is 1. The number of carbonyl (C=O) groups excluding carboxylic acids is 2. The van der Waals surface area contributed by atoms with E-state index >= 15 is 0 Å². The normalized spacial score (nSPS) is 30.2. The van der Waals surface area contributed by atoms with Gasteiger partial charge in [0.05, 0.1) is 43.2 Å². The van der Waals surface area contributed by atoms with Gasteiger partial charge in [-0.2, -0.15) is 0 Å². The number of hydrogen-bond donors (Lipinski definition) is 1. The molecule has 3 aliphatic heterocycles. The minimum absolute atomic E-state index is 0.00671. The summed E-state index contributed by atoms with van der Waals surface area (Å²) in [5.74, 6) is -0.646. The van der Waals surface area contributed by atoms with Crippen LogP contribution in [0.2, 0.25) is 0 Å². The molecule has 1 amide bonds. The van der Waals surface area contributed by atoms with Crippen molar-refractivity contribution in [3.63, 3.8) is 0 Å². The molecule has 0 radical (unpaired) electrons. The lowest BCUT2D eigenvalue weighted by Crippen LogP contribution is -2.47. The maximum absolute atomic E-state index is 12.9. The third-order valence-electron chi connectivity index (χ3n) is 6.84. The second-order valence-corrected chi connectivity index (χ2v) is 10.9. The van der Waals surface area contributed by atoms with Crippen LogP contribution >= 0.6 is 0 Å². The van der Waals surface area contributed by atoms with Gasteiger partial charge in [0.1, 0.15) is 6.10 Å². The smallest absolute Gasteiger partial charge is 0.303 e. The van der Waals surface area contributed by atoms with Gasteiger partial charge in [-0.25, -0.2) is 0 Å². The van der Waals surface area contributed by atoms with E-state index in [-0.39, 0.29) is 35.5 Å².